The molecule has 0 aliphatic heterocycles. The van der Waals surface area contributed by atoms with Gasteiger partial charge in [-0.15, -0.1) is 0 Å². The molecule has 0 unspecified atom stereocenters. The summed E-state index contributed by atoms with van der Waals surface area (Å²) in [6, 6.07) is 11.5. The Morgan fingerprint density at radius 1 is 1.24 bits per heavy atom. The Morgan fingerprint density at radius 3 is 2.71 bits per heavy atom. The molecule has 86 valence electrons. The van der Waals surface area contributed by atoms with Gasteiger partial charge in [0.25, 0.3) is 0 Å². The van der Waals surface area contributed by atoms with Crippen molar-refractivity contribution in [1.29, 1.82) is 0 Å². The standard InChI is InChI=1S/C13H14N4/c1-10(12-9-15-8-7-13(12)14)16-17-11-5-3-2-4-6-11/h2-9,17H,1H3,(H2,14,15). The molecule has 4 heteroatoms. The van der Waals surface area contributed by atoms with Crippen molar-refractivity contribution >= 4 is 17.1 Å². The molecule has 0 spiro atoms. The lowest BCUT2D eigenvalue weighted by atomic mass is 10.2. The molecule has 2 aromatic rings. The van der Waals surface area contributed by atoms with E-state index in [-0.39, 0.29) is 0 Å². The molecule has 0 radical (unpaired) electrons. The van der Waals surface area contributed by atoms with Crippen LogP contribution in [0.4, 0.5) is 11.4 Å². The van der Waals surface area contributed by atoms with E-state index in [2.05, 4.69) is 15.5 Å². The highest BCUT2D eigenvalue weighted by Gasteiger charge is 2.01. The average Bonchev–Trinajstić information content (AvgIpc) is 2.38. The summed E-state index contributed by atoms with van der Waals surface area (Å²) in [7, 11) is 0. The number of anilines is 2. The predicted octanol–water partition coefficient (Wildman–Crippen LogP) is 2.50. The number of nitrogens with one attached hydrogen (secondary N) is 1. The van der Waals surface area contributed by atoms with Crippen LogP contribution in [0, 0.1) is 0 Å². The molecule has 1 aromatic carbocycles. The molecule has 17 heavy (non-hydrogen) atoms. The molecular formula is C13H14N4. The third-order valence-electron chi connectivity index (χ3n) is 2.37. The highest BCUT2D eigenvalue weighted by Crippen LogP contribution is 2.11. The van der Waals surface area contributed by atoms with Crippen LogP contribution in [0.2, 0.25) is 0 Å². The smallest absolute Gasteiger partial charge is 0.0684 e. The number of hydrogen-bond acceptors (Lipinski definition) is 4. The minimum Gasteiger partial charge on any atom is -0.398 e. The van der Waals surface area contributed by atoms with Crippen molar-refractivity contribution in [2.75, 3.05) is 11.2 Å². The quantitative estimate of drug-likeness (QED) is 0.624. The van der Waals surface area contributed by atoms with Gasteiger partial charge in [-0.1, -0.05) is 18.2 Å². The van der Waals surface area contributed by atoms with E-state index in [9.17, 15) is 0 Å². The van der Waals surface area contributed by atoms with Crippen LogP contribution in [-0.2, 0) is 0 Å². The number of nitrogen functional groups attached to an aromatic ring is 1. The second-order valence-electron chi connectivity index (χ2n) is 3.64. The molecule has 0 aliphatic carbocycles. The van der Waals surface area contributed by atoms with Crippen LogP contribution in [0.1, 0.15) is 12.5 Å². The third kappa shape index (κ3) is 2.81. The van der Waals surface area contributed by atoms with E-state index in [4.69, 9.17) is 5.73 Å². The van der Waals surface area contributed by atoms with Gasteiger partial charge in [0.2, 0.25) is 0 Å². The first-order chi connectivity index (χ1) is 8.27. The molecular weight excluding hydrogens is 212 g/mol. The van der Waals surface area contributed by atoms with Crippen LogP contribution in [-0.4, -0.2) is 10.7 Å². The lowest BCUT2D eigenvalue weighted by molar-refractivity contribution is 1.28. The Labute approximate surface area is 100 Å². The van der Waals surface area contributed by atoms with Crippen LogP contribution in [0.5, 0.6) is 0 Å². The fourth-order valence-corrected chi connectivity index (χ4v) is 1.43. The van der Waals surface area contributed by atoms with Gasteiger partial charge < -0.3 is 5.73 Å². The maximum atomic E-state index is 5.84. The van der Waals surface area contributed by atoms with Crippen molar-refractivity contribution in [3.8, 4) is 0 Å². The Hall–Kier alpha value is -2.36. The largest absolute Gasteiger partial charge is 0.398 e. The highest BCUT2D eigenvalue weighted by molar-refractivity contribution is 6.02. The molecule has 0 saturated carbocycles. The van der Waals surface area contributed by atoms with Crippen molar-refractivity contribution in [1.82, 2.24) is 4.98 Å². The summed E-state index contributed by atoms with van der Waals surface area (Å²) in [6.45, 7) is 1.89. The number of hydrazone groups is 1. The second-order valence-corrected chi connectivity index (χ2v) is 3.64. The second kappa shape index (κ2) is 5.12. The lowest BCUT2D eigenvalue weighted by Gasteiger charge is -2.05. The van der Waals surface area contributed by atoms with E-state index in [1.807, 2.05) is 37.3 Å². The molecule has 0 amide bonds. The van der Waals surface area contributed by atoms with Crippen LogP contribution in [0.25, 0.3) is 0 Å². The van der Waals surface area contributed by atoms with E-state index in [1.165, 1.54) is 0 Å². The SMILES string of the molecule is CC(=NNc1ccccc1)c1cnccc1N. The summed E-state index contributed by atoms with van der Waals surface area (Å²) in [6.07, 6.45) is 3.37. The van der Waals surface area contributed by atoms with E-state index in [1.54, 1.807) is 18.5 Å². The Kier molecular flexibility index (Phi) is 3.35. The number of benzene rings is 1. The molecule has 4 nitrogen and oxygen atoms in total. The van der Waals surface area contributed by atoms with Gasteiger partial charge in [-0.05, 0) is 25.1 Å². The molecule has 3 N–H and O–H groups in total. The molecule has 1 aromatic heterocycles. The molecule has 0 atom stereocenters. The van der Waals surface area contributed by atoms with E-state index in [0.717, 1.165) is 17.0 Å². The van der Waals surface area contributed by atoms with Gasteiger partial charge in [-0.25, -0.2) is 0 Å². The van der Waals surface area contributed by atoms with Crippen molar-refractivity contribution in [2.45, 2.75) is 6.92 Å². The Bertz CT molecular complexity index is 520. The predicted molar refractivity (Wildman–Crippen MR) is 70.9 cm³/mol. The van der Waals surface area contributed by atoms with Crippen LogP contribution < -0.4 is 11.2 Å². The third-order valence-corrected chi connectivity index (χ3v) is 2.37. The van der Waals surface area contributed by atoms with Crippen LogP contribution in [0.3, 0.4) is 0 Å². The van der Waals surface area contributed by atoms with Gasteiger partial charge in [-0.2, -0.15) is 5.10 Å². The molecule has 0 aliphatic rings. The normalized spacial score (nSPS) is 11.2. The fourth-order valence-electron chi connectivity index (χ4n) is 1.43. The number of pyridine rings is 1. The van der Waals surface area contributed by atoms with Crippen LogP contribution >= 0.6 is 0 Å². The van der Waals surface area contributed by atoms with Gasteiger partial charge in [0.1, 0.15) is 0 Å². The molecule has 0 fully saturated rings. The Morgan fingerprint density at radius 2 is 2.00 bits per heavy atom. The van der Waals surface area contributed by atoms with Crippen molar-refractivity contribution in [3.05, 3.63) is 54.4 Å². The number of rotatable bonds is 3. The van der Waals surface area contributed by atoms with Crippen molar-refractivity contribution in [2.24, 2.45) is 5.10 Å². The molecule has 0 saturated heterocycles. The minimum atomic E-state index is 0.677. The lowest BCUT2D eigenvalue weighted by Crippen LogP contribution is -2.04. The van der Waals surface area contributed by atoms with Gasteiger partial charge in [0, 0.05) is 23.6 Å². The van der Waals surface area contributed by atoms with Gasteiger partial charge in [0.15, 0.2) is 0 Å². The van der Waals surface area contributed by atoms with E-state index >= 15 is 0 Å². The van der Waals surface area contributed by atoms with Gasteiger partial charge >= 0.3 is 0 Å². The zero-order valence-electron chi connectivity index (χ0n) is 9.59. The summed E-state index contributed by atoms with van der Waals surface area (Å²) >= 11 is 0. The first-order valence-corrected chi connectivity index (χ1v) is 5.32. The minimum absolute atomic E-state index is 0.677. The van der Waals surface area contributed by atoms with Crippen molar-refractivity contribution in [3.63, 3.8) is 0 Å². The fraction of sp³-hybridized carbons (Fsp3) is 0.0769. The summed E-state index contributed by atoms with van der Waals surface area (Å²) in [5.74, 6) is 0. The van der Waals surface area contributed by atoms with Crippen LogP contribution in [0.15, 0.2) is 53.9 Å². The van der Waals surface area contributed by atoms with Gasteiger partial charge in [-0.3, -0.25) is 10.4 Å². The van der Waals surface area contributed by atoms with Crippen molar-refractivity contribution < 1.29 is 0 Å². The number of nitrogens with two attached hydrogens (primary N) is 1. The Balaban J connectivity index is 2.16. The van der Waals surface area contributed by atoms with E-state index < -0.39 is 0 Å². The topological polar surface area (TPSA) is 63.3 Å². The first kappa shape index (κ1) is 11.1. The highest BCUT2D eigenvalue weighted by atomic mass is 15.3. The number of hydrogen-bond donors (Lipinski definition) is 2. The average molecular weight is 226 g/mol. The first-order valence-electron chi connectivity index (χ1n) is 5.32. The maximum Gasteiger partial charge on any atom is 0.0684 e. The summed E-state index contributed by atoms with van der Waals surface area (Å²) in [5.41, 5.74) is 12.1. The number of para-hydroxylation sites is 1. The molecule has 0 bridgehead atoms. The van der Waals surface area contributed by atoms with E-state index in [0.29, 0.717) is 5.69 Å². The number of nitrogens with zero attached hydrogens (tertiary/aromatic N) is 2. The zero-order chi connectivity index (χ0) is 12.1. The summed E-state index contributed by atoms with van der Waals surface area (Å²) in [5, 5.41) is 4.27. The maximum absolute atomic E-state index is 5.84. The monoisotopic (exact) mass is 226 g/mol. The molecule has 1 heterocycles. The number of aromatic nitrogens is 1. The van der Waals surface area contributed by atoms with Gasteiger partial charge in [0.05, 0.1) is 11.4 Å². The zero-order valence-corrected chi connectivity index (χ0v) is 9.59. The summed E-state index contributed by atoms with van der Waals surface area (Å²) < 4.78 is 0. The molecule has 2 rings (SSSR count). The summed E-state index contributed by atoms with van der Waals surface area (Å²) in [4.78, 5) is 4.03.